The molecule has 0 aliphatic rings. The molecular formula is C13H17NO3. The standard InChI is InChI=1S/C13H17NO3/c1-3-17-9-11-6-4-5-7-12(11)14-13(16)8-10(2)15/h4-7H,3,8-9H2,1-2H3,(H,14,16). The third-order valence-corrected chi connectivity index (χ3v) is 2.16. The normalized spacial score (nSPS) is 10.0. The first-order chi connectivity index (χ1) is 8.13. The summed E-state index contributed by atoms with van der Waals surface area (Å²) in [5.74, 6) is -0.439. The minimum absolute atomic E-state index is 0.0943. The zero-order chi connectivity index (χ0) is 12.7. The monoisotopic (exact) mass is 235 g/mol. The van der Waals surface area contributed by atoms with Crippen LogP contribution < -0.4 is 5.32 Å². The lowest BCUT2D eigenvalue weighted by atomic mass is 10.2. The molecule has 1 rings (SSSR count). The van der Waals surface area contributed by atoms with Gasteiger partial charge in [0.25, 0.3) is 0 Å². The van der Waals surface area contributed by atoms with Crippen LogP contribution in [0.1, 0.15) is 25.8 Å². The zero-order valence-electron chi connectivity index (χ0n) is 10.2. The summed E-state index contributed by atoms with van der Waals surface area (Å²) in [6, 6.07) is 7.40. The molecule has 0 radical (unpaired) electrons. The van der Waals surface area contributed by atoms with Crippen LogP contribution in [0.2, 0.25) is 0 Å². The number of hydrogen-bond acceptors (Lipinski definition) is 3. The smallest absolute Gasteiger partial charge is 0.231 e. The largest absolute Gasteiger partial charge is 0.377 e. The van der Waals surface area contributed by atoms with Crippen LogP contribution in [0.4, 0.5) is 5.69 Å². The van der Waals surface area contributed by atoms with Crippen molar-refractivity contribution < 1.29 is 14.3 Å². The van der Waals surface area contributed by atoms with Crippen molar-refractivity contribution in [3.8, 4) is 0 Å². The number of ketones is 1. The number of benzene rings is 1. The number of amides is 1. The Hall–Kier alpha value is -1.68. The highest BCUT2D eigenvalue weighted by molar-refractivity contribution is 6.03. The molecule has 0 unspecified atom stereocenters. The van der Waals surface area contributed by atoms with Crippen LogP contribution in [0.15, 0.2) is 24.3 Å². The molecule has 0 aliphatic carbocycles. The highest BCUT2D eigenvalue weighted by Crippen LogP contribution is 2.16. The summed E-state index contributed by atoms with van der Waals surface area (Å²) in [5, 5.41) is 2.71. The quantitative estimate of drug-likeness (QED) is 0.768. The molecule has 92 valence electrons. The summed E-state index contributed by atoms with van der Waals surface area (Å²) in [6.07, 6.45) is -0.0943. The van der Waals surface area contributed by atoms with E-state index in [4.69, 9.17) is 4.74 Å². The average Bonchev–Trinajstić information content (AvgIpc) is 2.26. The molecule has 0 saturated heterocycles. The number of carbonyl (C=O) groups is 2. The summed E-state index contributed by atoms with van der Waals surface area (Å²) < 4.78 is 5.30. The van der Waals surface area contributed by atoms with E-state index in [-0.39, 0.29) is 18.1 Å². The molecule has 1 aromatic rings. The van der Waals surface area contributed by atoms with Gasteiger partial charge >= 0.3 is 0 Å². The van der Waals surface area contributed by atoms with E-state index >= 15 is 0 Å². The van der Waals surface area contributed by atoms with Gasteiger partial charge in [-0.15, -0.1) is 0 Å². The molecule has 0 heterocycles. The topological polar surface area (TPSA) is 55.4 Å². The molecule has 1 amide bonds. The van der Waals surface area contributed by atoms with Crippen LogP contribution in [0.5, 0.6) is 0 Å². The van der Waals surface area contributed by atoms with Crippen molar-refractivity contribution in [3.63, 3.8) is 0 Å². The van der Waals surface area contributed by atoms with Crippen molar-refractivity contribution >= 4 is 17.4 Å². The minimum atomic E-state index is -0.290. The Morgan fingerprint density at radius 3 is 2.65 bits per heavy atom. The predicted octanol–water partition coefficient (Wildman–Crippen LogP) is 2.14. The van der Waals surface area contributed by atoms with Gasteiger partial charge in [-0.2, -0.15) is 0 Å². The van der Waals surface area contributed by atoms with Gasteiger partial charge in [-0.3, -0.25) is 9.59 Å². The maximum atomic E-state index is 11.5. The number of anilines is 1. The molecule has 0 saturated carbocycles. The van der Waals surface area contributed by atoms with Crippen molar-refractivity contribution in [2.24, 2.45) is 0 Å². The molecule has 0 aromatic heterocycles. The molecule has 4 heteroatoms. The number of hydrogen-bond donors (Lipinski definition) is 1. The van der Waals surface area contributed by atoms with E-state index in [0.29, 0.717) is 18.9 Å². The van der Waals surface area contributed by atoms with E-state index in [0.717, 1.165) is 5.56 Å². The first-order valence-electron chi connectivity index (χ1n) is 5.58. The van der Waals surface area contributed by atoms with E-state index in [2.05, 4.69) is 5.32 Å². The Balaban J connectivity index is 2.69. The van der Waals surface area contributed by atoms with Gasteiger partial charge in [0.1, 0.15) is 5.78 Å². The lowest BCUT2D eigenvalue weighted by Crippen LogP contribution is -2.16. The number of rotatable bonds is 6. The third kappa shape index (κ3) is 4.78. The SMILES string of the molecule is CCOCc1ccccc1NC(=O)CC(C)=O. The first kappa shape index (κ1) is 13.4. The summed E-state index contributed by atoms with van der Waals surface area (Å²) in [7, 11) is 0. The summed E-state index contributed by atoms with van der Waals surface area (Å²) in [5.41, 5.74) is 1.61. The Bertz CT molecular complexity index is 401. The maximum absolute atomic E-state index is 11.5. The first-order valence-corrected chi connectivity index (χ1v) is 5.58. The van der Waals surface area contributed by atoms with Crippen LogP contribution in [-0.4, -0.2) is 18.3 Å². The van der Waals surface area contributed by atoms with Gasteiger partial charge < -0.3 is 10.1 Å². The van der Waals surface area contributed by atoms with Gasteiger partial charge in [-0.05, 0) is 19.9 Å². The van der Waals surface area contributed by atoms with Gasteiger partial charge in [0.15, 0.2) is 0 Å². The van der Waals surface area contributed by atoms with Crippen molar-refractivity contribution in [2.75, 3.05) is 11.9 Å². The van der Waals surface area contributed by atoms with Gasteiger partial charge in [0, 0.05) is 17.9 Å². The Kier molecular flexibility index (Phi) is 5.36. The Labute approximate surface area is 101 Å². The molecule has 0 aliphatic heterocycles. The highest BCUT2D eigenvalue weighted by Gasteiger charge is 2.08. The molecule has 17 heavy (non-hydrogen) atoms. The molecule has 0 spiro atoms. The van der Waals surface area contributed by atoms with Crippen molar-refractivity contribution in [2.45, 2.75) is 26.9 Å². The molecule has 1 N–H and O–H groups in total. The van der Waals surface area contributed by atoms with Gasteiger partial charge in [-0.25, -0.2) is 0 Å². The van der Waals surface area contributed by atoms with E-state index in [1.807, 2.05) is 25.1 Å². The summed E-state index contributed by atoms with van der Waals surface area (Å²) in [6.45, 7) is 4.38. The second kappa shape index (κ2) is 6.81. The number of carbonyl (C=O) groups excluding carboxylic acids is 2. The van der Waals surface area contributed by atoms with Crippen LogP contribution in [0.25, 0.3) is 0 Å². The molecule has 0 bridgehead atoms. The second-order valence-corrected chi connectivity index (χ2v) is 3.72. The third-order valence-electron chi connectivity index (χ3n) is 2.16. The Morgan fingerprint density at radius 1 is 1.29 bits per heavy atom. The van der Waals surface area contributed by atoms with Gasteiger partial charge in [0.2, 0.25) is 5.91 Å². The molecule has 4 nitrogen and oxygen atoms in total. The van der Waals surface area contributed by atoms with E-state index in [1.165, 1.54) is 6.92 Å². The molecular weight excluding hydrogens is 218 g/mol. The Morgan fingerprint density at radius 2 is 2.00 bits per heavy atom. The number of para-hydroxylation sites is 1. The lowest BCUT2D eigenvalue weighted by molar-refractivity contribution is -0.124. The van der Waals surface area contributed by atoms with E-state index < -0.39 is 0 Å². The van der Waals surface area contributed by atoms with E-state index in [9.17, 15) is 9.59 Å². The second-order valence-electron chi connectivity index (χ2n) is 3.72. The fourth-order valence-electron chi connectivity index (χ4n) is 1.40. The van der Waals surface area contributed by atoms with Gasteiger partial charge in [-0.1, -0.05) is 18.2 Å². The predicted molar refractivity (Wildman–Crippen MR) is 65.7 cm³/mol. The highest BCUT2D eigenvalue weighted by atomic mass is 16.5. The number of ether oxygens (including phenoxy) is 1. The van der Waals surface area contributed by atoms with Crippen molar-refractivity contribution in [1.82, 2.24) is 0 Å². The fourth-order valence-corrected chi connectivity index (χ4v) is 1.40. The number of nitrogens with one attached hydrogen (secondary N) is 1. The van der Waals surface area contributed by atoms with Crippen LogP contribution >= 0.6 is 0 Å². The van der Waals surface area contributed by atoms with Crippen molar-refractivity contribution in [3.05, 3.63) is 29.8 Å². The minimum Gasteiger partial charge on any atom is -0.377 e. The van der Waals surface area contributed by atoms with E-state index in [1.54, 1.807) is 6.07 Å². The van der Waals surface area contributed by atoms with Gasteiger partial charge in [0.05, 0.1) is 13.0 Å². The van der Waals surface area contributed by atoms with Crippen molar-refractivity contribution in [1.29, 1.82) is 0 Å². The summed E-state index contributed by atoms with van der Waals surface area (Å²) in [4.78, 5) is 22.3. The molecule has 1 aromatic carbocycles. The van der Waals surface area contributed by atoms with Crippen LogP contribution in [0, 0.1) is 0 Å². The lowest BCUT2D eigenvalue weighted by Gasteiger charge is -2.10. The fraction of sp³-hybridized carbons (Fsp3) is 0.385. The summed E-state index contributed by atoms with van der Waals surface area (Å²) >= 11 is 0. The van der Waals surface area contributed by atoms with Crippen LogP contribution in [-0.2, 0) is 20.9 Å². The average molecular weight is 235 g/mol. The zero-order valence-corrected chi connectivity index (χ0v) is 10.2. The maximum Gasteiger partial charge on any atom is 0.231 e. The molecule has 0 atom stereocenters. The number of Topliss-reactive ketones (excluding diaryl/α,β-unsaturated/α-hetero) is 1. The van der Waals surface area contributed by atoms with Crippen LogP contribution in [0.3, 0.4) is 0 Å². The molecule has 0 fully saturated rings.